The minimum atomic E-state index is -0.543. The lowest BCUT2D eigenvalue weighted by Gasteiger charge is -2.21. The van der Waals surface area contributed by atoms with Crippen molar-refractivity contribution in [2.24, 2.45) is 0 Å². The van der Waals surface area contributed by atoms with Crippen LogP contribution in [0.15, 0.2) is 60.8 Å². The zero-order valence-electron chi connectivity index (χ0n) is 18.6. The average molecular weight is 432 g/mol. The van der Waals surface area contributed by atoms with Crippen molar-refractivity contribution in [1.82, 2.24) is 4.98 Å². The summed E-state index contributed by atoms with van der Waals surface area (Å²) in [5.74, 6) is 2.23. The van der Waals surface area contributed by atoms with Crippen molar-refractivity contribution in [3.63, 3.8) is 0 Å². The molecule has 0 atom stereocenters. The number of anilines is 2. The molecule has 1 amide bonds. The van der Waals surface area contributed by atoms with Crippen LogP contribution < -0.4 is 19.7 Å². The first-order valence-electron chi connectivity index (χ1n) is 11.1. The summed E-state index contributed by atoms with van der Waals surface area (Å²) in [7, 11) is 1.64. The van der Waals surface area contributed by atoms with E-state index in [9.17, 15) is 4.79 Å². The second-order valence-corrected chi connectivity index (χ2v) is 8.03. The summed E-state index contributed by atoms with van der Waals surface area (Å²) in [4.78, 5) is 19.3. The summed E-state index contributed by atoms with van der Waals surface area (Å²) in [6.45, 7) is 4.10. The van der Waals surface area contributed by atoms with Crippen molar-refractivity contribution < 1.29 is 14.3 Å². The Morgan fingerprint density at radius 3 is 2.31 bits per heavy atom. The summed E-state index contributed by atoms with van der Waals surface area (Å²) in [5.41, 5.74) is 3.73. The van der Waals surface area contributed by atoms with Crippen molar-refractivity contribution in [1.29, 1.82) is 0 Å². The number of benzene rings is 2. The molecule has 1 aliphatic heterocycles. The molecule has 0 bridgehead atoms. The third-order valence-corrected chi connectivity index (χ3v) is 5.74. The molecular formula is C26H29N3O3. The molecule has 166 valence electrons. The third kappa shape index (κ3) is 5.38. The monoisotopic (exact) mass is 431 g/mol. The van der Waals surface area contributed by atoms with Crippen LogP contribution in [0.25, 0.3) is 11.1 Å². The van der Waals surface area contributed by atoms with E-state index in [-0.39, 0.29) is 0 Å². The van der Waals surface area contributed by atoms with Crippen LogP contribution in [0.4, 0.5) is 16.3 Å². The van der Waals surface area contributed by atoms with Crippen molar-refractivity contribution in [2.75, 3.05) is 30.4 Å². The van der Waals surface area contributed by atoms with Crippen LogP contribution in [0.2, 0.25) is 0 Å². The Kier molecular flexibility index (Phi) is 6.90. The van der Waals surface area contributed by atoms with E-state index in [1.54, 1.807) is 19.4 Å². The number of ether oxygens (including phenoxy) is 2. The molecule has 6 heteroatoms. The number of carbonyl (C=O) groups is 1. The van der Waals surface area contributed by atoms with E-state index in [1.165, 1.54) is 25.7 Å². The molecule has 1 N–H and O–H groups in total. The van der Waals surface area contributed by atoms with Gasteiger partial charge in [0.1, 0.15) is 17.3 Å². The maximum absolute atomic E-state index is 12.4. The van der Waals surface area contributed by atoms with Gasteiger partial charge in [-0.3, -0.25) is 5.32 Å². The molecule has 32 heavy (non-hydrogen) atoms. The largest absolute Gasteiger partial charge is 0.497 e. The highest BCUT2D eigenvalue weighted by Crippen LogP contribution is 2.29. The maximum atomic E-state index is 12.4. The fourth-order valence-electron chi connectivity index (χ4n) is 3.94. The molecule has 0 aliphatic carbocycles. The number of nitrogens with zero attached hydrogens (tertiary/aromatic N) is 2. The highest BCUT2D eigenvalue weighted by Gasteiger charge is 2.12. The molecule has 1 saturated heterocycles. The molecule has 0 saturated carbocycles. The highest BCUT2D eigenvalue weighted by atomic mass is 16.6. The molecule has 6 nitrogen and oxygen atoms in total. The van der Waals surface area contributed by atoms with Crippen molar-refractivity contribution in [3.8, 4) is 22.6 Å². The molecule has 3 aromatic rings. The van der Waals surface area contributed by atoms with Gasteiger partial charge in [-0.15, -0.1) is 0 Å². The number of hydrogen-bond donors (Lipinski definition) is 1. The van der Waals surface area contributed by atoms with E-state index in [1.807, 2.05) is 55.5 Å². The number of nitrogens with one attached hydrogen (secondary N) is 1. The Labute approximate surface area is 189 Å². The minimum absolute atomic E-state index is 0.480. The van der Waals surface area contributed by atoms with Gasteiger partial charge in [-0.1, -0.05) is 31.0 Å². The summed E-state index contributed by atoms with van der Waals surface area (Å²) in [6, 6.07) is 17.2. The normalized spacial score (nSPS) is 13.9. The Hall–Kier alpha value is -3.54. The number of amides is 1. The molecule has 0 unspecified atom stereocenters. The molecular weight excluding hydrogens is 402 g/mol. The molecule has 0 radical (unpaired) electrons. The minimum Gasteiger partial charge on any atom is -0.497 e. The standard InChI is InChI=1S/C26H29N3O3/c1-19-7-11-23(17-24(19)20-8-12-22(31-2)13-9-20)32-26(30)28-21-10-14-25(27-18-21)29-15-5-3-4-6-16-29/h7-14,17-18H,3-6,15-16H2,1-2H3,(H,28,30). The van der Waals surface area contributed by atoms with E-state index in [4.69, 9.17) is 9.47 Å². The fourth-order valence-corrected chi connectivity index (χ4v) is 3.94. The molecule has 0 spiro atoms. The van der Waals surface area contributed by atoms with E-state index >= 15 is 0 Å². The predicted molar refractivity (Wildman–Crippen MR) is 128 cm³/mol. The summed E-state index contributed by atoms with van der Waals surface area (Å²) >= 11 is 0. The summed E-state index contributed by atoms with van der Waals surface area (Å²) in [6.07, 6.45) is 6.09. The smallest absolute Gasteiger partial charge is 0.417 e. The number of aryl methyl sites for hydroxylation is 1. The van der Waals surface area contributed by atoms with Crippen molar-refractivity contribution in [3.05, 3.63) is 66.4 Å². The first-order chi connectivity index (χ1) is 15.6. The predicted octanol–water partition coefficient (Wildman–Crippen LogP) is 6.06. The second kappa shape index (κ2) is 10.2. The molecule has 2 heterocycles. The molecule has 4 rings (SSSR count). The van der Waals surface area contributed by atoms with Gasteiger partial charge in [-0.2, -0.15) is 0 Å². The molecule has 1 aromatic heterocycles. The Bertz CT molecular complexity index is 1040. The molecule has 1 fully saturated rings. The first-order valence-corrected chi connectivity index (χ1v) is 11.1. The maximum Gasteiger partial charge on any atom is 0.417 e. The number of pyridine rings is 1. The van der Waals surface area contributed by atoms with E-state index < -0.39 is 6.09 Å². The third-order valence-electron chi connectivity index (χ3n) is 5.74. The lowest BCUT2D eigenvalue weighted by atomic mass is 10.0. The Morgan fingerprint density at radius 2 is 1.66 bits per heavy atom. The van der Waals surface area contributed by atoms with Gasteiger partial charge < -0.3 is 14.4 Å². The van der Waals surface area contributed by atoms with Crippen LogP contribution in [0.5, 0.6) is 11.5 Å². The number of carbonyl (C=O) groups excluding carboxylic acids is 1. The highest BCUT2D eigenvalue weighted by molar-refractivity contribution is 5.86. The van der Waals surface area contributed by atoms with Gasteiger partial charge in [0.05, 0.1) is 19.0 Å². The van der Waals surface area contributed by atoms with Crippen LogP contribution in [-0.4, -0.2) is 31.3 Å². The van der Waals surface area contributed by atoms with Gasteiger partial charge in [0.2, 0.25) is 0 Å². The van der Waals surface area contributed by atoms with Gasteiger partial charge in [0, 0.05) is 13.1 Å². The lowest BCUT2D eigenvalue weighted by molar-refractivity contribution is 0.215. The summed E-state index contributed by atoms with van der Waals surface area (Å²) < 4.78 is 10.8. The molecule has 2 aromatic carbocycles. The van der Waals surface area contributed by atoms with Gasteiger partial charge >= 0.3 is 6.09 Å². The van der Waals surface area contributed by atoms with E-state index in [0.29, 0.717) is 11.4 Å². The second-order valence-electron chi connectivity index (χ2n) is 8.03. The van der Waals surface area contributed by atoms with Gasteiger partial charge in [0.25, 0.3) is 0 Å². The SMILES string of the molecule is COc1ccc(-c2cc(OC(=O)Nc3ccc(N4CCCCCC4)nc3)ccc2C)cc1. The molecule has 1 aliphatic rings. The van der Waals surface area contributed by atoms with E-state index in [2.05, 4.69) is 15.2 Å². The van der Waals surface area contributed by atoms with Crippen LogP contribution in [0.1, 0.15) is 31.2 Å². The fraction of sp³-hybridized carbons (Fsp3) is 0.308. The number of methoxy groups -OCH3 is 1. The summed E-state index contributed by atoms with van der Waals surface area (Å²) in [5, 5.41) is 2.76. The van der Waals surface area contributed by atoms with Crippen LogP contribution in [-0.2, 0) is 0 Å². The quantitative estimate of drug-likeness (QED) is 0.532. The first kappa shape index (κ1) is 21.7. The van der Waals surface area contributed by atoms with Crippen molar-refractivity contribution in [2.45, 2.75) is 32.6 Å². The lowest BCUT2D eigenvalue weighted by Crippen LogP contribution is -2.25. The van der Waals surface area contributed by atoms with Crippen LogP contribution >= 0.6 is 0 Å². The Balaban J connectivity index is 1.40. The van der Waals surface area contributed by atoms with Crippen molar-refractivity contribution >= 4 is 17.6 Å². The topological polar surface area (TPSA) is 63.7 Å². The number of aromatic nitrogens is 1. The zero-order chi connectivity index (χ0) is 22.3. The number of hydrogen-bond acceptors (Lipinski definition) is 5. The van der Waals surface area contributed by atoms with Crippen LogP contribution in [0, 0.1) is 6.92 Å². The average Bonchev–Trinajstić information content (AvgIpc) is 3.11. The number of rotatable bonds is 5. The Morgan fingerprint density at radius 1 is 0.938 bits per heavy atom. The van der Waals surface area contributed by atoms with Gasteiger partial charge in [-0.25, -0.2) is 9.78 Å². The van der Waals surface area contributed by atoms with Crippen LogP contribution in [0.3, 0.4) is 0 Å². The zero-order valence-corrected chi connectivity index (χ0v) is 18.6. The van der Waals surface area contributed by atoms with Gasteiger partial charge in [0.15, 0.2) is 0 Å². The van der Waals surface area contributed by atoms with E-state index in [0.717, 1.165) is 41.3 Å². The van der Waals surface area contributed by atoms with Gasteiger partial charge in [-0.05, 0) is 72.9 Å².